The van der Waals surface area contributed by atoms with Gasteiger partial charge in [0.1, 0.15) is 5.82 Å². The molecule has 1 aromatic rings. The number of benzene rings is 1. The van der Waals surface area contributed by atoms with Crippen molar-refractivity contribution in [2.24, 2.45) is 5.92 Å². The summed E-state index contributed by atoms with van der Waals surface area (Å²) in [7, 11) is 0. The summed E-state index contributed by atoms with van der Waals surface area (Å²) >= 11 is 0. The highest BCUT2D eigenvalue weighted by Crippen LogP contribution is 2.32. The van der Waals surface area contributed by atoms with Crippen molar-refractivity contribution < 1.29 is 14.3 Å². The highest BCUT2D eigenvalue weighted by atomic mass is 19.1. The molecule has 4 N–H and O–H groups in total. The normalized spacial score (nSPS) is 16.6. The van der Waals surface area contributed by atoms with Crippen LogP contribution in [0.15, 0.2) is 18.2 Å². The summed E-state index contributed by atoms with van der Waals surface area (Å²) in [6.45, 7) is 0.223. The lowest BCUT2D eigenvalue weighted by molar-refractivity contribution is 0.0901. The molecule has 4 nitrogen and oxygen atoms in total. The number of nitrogens with one attached hydrogen (secondary N) is 1. The number of anilines is 1. The van der Waals surface area contributed by atoms with Crippen molar-refractivity contribution in [1.82, 2.24) is 5.32 Å². The molecule has 0 saturated heterocycles. The molecule has 1 fully saturated rings. The van der Waals surface area contributed by atoms with Crippen molar-refractivity contribution in [3.05, 3.63) is 29.6 Å². The number of nitrogens with two attached hydrogens (primary N) is 1. The number of aliphatic hydroxyl groups excluding tert-OH is 1. The highest BCUT2D eigenvalue weighted by molar-refractivity contribution is 5.95. The fraction of sp³-hybridized carbons (Fsp3) is 0.417. The van der Waals surface area contributed by atoms with Crippen LogP contribution in [0.4, 0.5) is 10.1 Å². The molecule has 1 aliphatic rings. The van der Waals surface area contributed by atoms with Crippen LogP contribution >= 0.6 is 0 Å². The van der Waals surface area contributed by atoms with Crippen molar-refractivity contribution in [2.45, 2.75) is 18.9 Å². The van der Waals surface area contributed by atoms with Gasteiger partial charge in [-0.15, -0.1) is 0 Å². The summed E-state index contributed by atoms with van der Waals surface area (Å²) in [4.78, 5) is 11.7. The van der Waals surface area contributed by atoms with E-state index in [0.29, 0.717) is 11.5 Å². The van der Waals surface area contributed by atoms with Crippen LogP contribution in [-0.2, 0) is 0 Å². The predicted molar refractivity (Wildman–Crippen MR) is 61.9 cm³/mol. The Morgan fingerprint density at radius 1 is 1.59 bits per heavy atom. The summed E-state index contributed by atoms with van der Waals surface area (Å²) in [5, 5.41) is 12.2. The molecule has 92 valence electrons. The van der Waals surface area contributed by atoms with E-state index >= 15 is 0 Å². The number of nitrogen functional groups attached to an aromatic ring is 1. The Kier molecular flexibility index (Phi) is 3.28. The largest absolute Gasteiger partial charge is 0.396 e. The molecule has 17 heavy (non-hydrogen) atoms. The van der Waals surface area contributed by atoms with E-state index in [1.54, 1.807) is 0 Å². The van der Waals surface area contributed by atoms with Crippen molar-refractivity contribution >= 4 is 11.6 Å². The highest BCUT2D eigenvalue weighted by Gasteiger charge is 2.29. The lowest BCUT2D eigenvalue weighted by Gasteiger charge is -2.10. The van der Waals surface area contributed by atoms with Gasteiger partial charge in [0.05, 0.1) is 11.8 Å². The van der Waals surface area contributed by atoms with Crippen LogP contribution in [0.1, 0.15) is 23.2 Å². The summed E-state index contributed by atoms with van der Waals surface area (Å²) in [6, 6.07) is 3.81. The van der Waals surface area contributed by atoms with Gasteiger partial charge in [0, 0.05) is 12.1 Å². The molecular weight excluding hydrogens is 223 g/mol. The minimum absolute atomic E-state index is 0.0552. The number of hydrogen-bond donors (Lipinski definition) is 3. The van der Waals surface area contributed by atoms with E-state index in [1.165, 1.54) is 12.1 Å². The maximum atomic E-state index is 12.9. The summed E-state index contributed by atoms with van der Waals surface area (Å²) in [5.74, 6) is -0.579. The van der Waals surface area contributed by atoms with Gasteiger partial charge in [-0.05, 0) is 37.0 Å². The van der Waals surface area contributed by atoms with Crippen LogP contribution in [-0.4, -0.2) is 23.7 Å². The van der Waals surface area contributed by atoms with E-state index in [-0.39, 0.29) is 18.1 Å². The molecule has 2 rings (SSSR count). The Labute approximate surface area is 98.6 Å². The molecule has 0 aromatic heterocycles. The van der Waals surface area contributed by atoms with Crippen LogP contribution in [0.25, 0.3) is 0 Å². The first-order chi connectivity index (χ1) is 8.08. The Morgan fingerprint density at radius 3 is 2.88 bits per heavy atom. The monoisotopic (exact) mass is 238 g/mol. The molecule has 0 radical (unpaired) electrons. The predicted octanol–water partition coefficient (Wildman–Crippen LogP) is 0.909. The van der Waals surface area contributed by atoms with Crippen LogP contribution in [0, 0.1) is 11.7 Å². The summed E-state index contributed by atoms with van der Waals surface area (Å²) in [5.41, 5.74) is 5.61. The molecule has 1 atom stereocenters. The lowest BCUT2D eigenvalue weighted by atomic mass is 10.1. The van der Waals surface area contributed by atoms with Crippen LogP contribution in [0.3, 0.4) is 0 Å². The second-order valence-corrected chi connectivity index (χ2v) is 4.35. The second kappa shape index (κ2) is 4.71. The third-order valence-corrected chi connectivity index (χ3v) is 2.90. The number of amides is 1. The minimum atomic E-state index is -0.542. The molecule has 0 bridgehead atoms. The van der Waals surface area contributed by atoms with Gasteiger partial charge in [-0.3, -0.25) is 4.79 Å². The number of rotatable bonds is 4. The summed E-state index contributed by atoms with van der Waals surface area (Å²) in [6.07, 6.45) is 1.54. The van der Waals surface area contributed by atoms with E-state index < -0.39 is 11.9 Å². The number of carbonyl (C=O) groups is 1. The van der Waals surface area contributed by atoms with Crippen molar-refractivity contribution in [3.8, 4) is 0 Å². The molecule has 1 saturated carbocycles. The number of aliphatic hydroxyl groups is 1. The molecule has 5 heteroatoms. The van der Waals surface area contributed by atoms with E-state index in [1.807, 2.05) is 0 Å². The average Bonchev–Trinajstić information content (AvgIpc) is 3.13. The Hall–Kier alpha value is -1.62. The van der Waals surface area contributed by atoms with Crippen LogP contribution in [0.5, 0.6) is 0 Å². The van der Waals surface area contributed by atoms with E-state index in [4.69, 9.17) is 5.73 Å². The average molecular weight is 238 g/mol. The molecule has 0 aliphatic heterocycles. The van der Waals surface area contributed by atoms with E-state index in [9.17, 15) is 14.3 Å². The SMILES string of the molecule is Nc1cc(C(=O)NCC(O)C2CC2)ccc1F. The third-order valence-electron chi connectivity index (χ3n) is 2.90. The van der Waals surface area contributed by atoms with Crippen LogP contribution < -0.4 is 11.1 Å². The number of hydrogen-bond acceptors (Lipinski definition) is 3. The van der Waals surface area contributed by atoms with Gasteiger partial charge in [-0.2, -0.15) is 0 Å². The number of carbonyl (C=O) groups excluding carboxylic acids is 1. The van der Waals surface area contributed by atoms with Gasteiger partial charge < -0.3 is 16.2 Å². The standard InChI is InChI=1S/C12H15FN2O2/c13-9-4-3-8(5-10(9)14)12(17)15-6-11(16)7-1-2-7/h3-5,7,11,16H,1-2,6,14H2,(H,15,17). The van der Waals surface area contributed by atoms with Gasteiger partial charge >= 0.3 is 0 Å². The Morgan fingerprint density at radius 2 is 2.29 bits per heavy atom. The Bertz CT molecular complexity index is 433. The Balaban J connectivity index is 1.92. The van der Waals surface area contributed by atoms with Crippen LogP contribution in [0.2, 0.25) is 0 Å². The third kappa shape index (κ3) is 2.94. The minimum Gasteiger partial charge on any atom is -0.396 e. The zero-order valence-corrected chi connectivity index (χ0v) is 9.32. The maximum absolute atomic E-state index is 12.9. The topological polar surface area (TPSA) is 75.4 Å². The first-order valence-corrected chi connectivity index (χ1v) is 5.59. The van der Waals surface area contributed by atoms with Gasteiger partial charge in [0.15, 0.2) is 0 Å². The van der Waals surface area contributed by atoms with Gasteiger partial charge in [0.2, 0.25) is 0 Å². The van der Waals surface area contributed by atoms with E-state index in [0.717, 1.165) is 18.9 Å². The van der Waals surface area contributed by atoms with Crippen molar-refractivity contribution in [3.63, 3.8) is 0 Å². The molecule has 1 aromatic carbocycles. The van der Waals surface area contributed by atoms with E-state index in [2.05, 4.69) is 5.32 Å². The molecule has 1 amide bonds. The van der Waals surface area contributed by atoms with Gasteiger partial charge in [-0.1, -0.05) is 0 Å². The first-order valence-electron chi connectivity index (χ1n) is 5.59. The smallest absolute Gasteiger partial charge is 0.251 e. The number of halogens is 1. The maximum Gasteiger partial charge on any atom is 0.251 e. The van der Waals surface area contributed by atoms with Gasteiger partial charge in [-0.25, -0.2) is 4.39 Å². The fourth-order valence-corrected chi connectivity index (χ4v) is 1.63. The van der Waals surface area contributed by atoms with Gasteiger partial charge in [0.25, 0.3) is 5.91 Å². The molecule has 0 heterocycles. The molecule has 1 unspecified atom stereocenters. The second-order valence-electron chi connectivity index (χ2n) is 4.35. The van der Waals surface area contributed by atoms with Crippen molar-refractivity contribution in [2.75, 3.05) is 12.3 Å². The zero-order valence-electron chi connectivity index (χ0n) is 9.32. The zero-order chi connectivity index (χ0) is 12.4. The fourth-order valence-electron chi connectivity index (χ4n) is 1.63. The molecular formula is C12H15FN2O2. The quantitative estimate of drug-likeness (QED) is 0.682. The molecule has 1 aliphatic carbocycles. The first kappa shape index (κ1) is 11.9. The molecule has 0 spiro atoms. The lowest BCUT2D eigenvalue weighted by Crippen LogP contribution is -2.33. The summed E-state index contributed by atoms with van der Waals surface area (Å²) < 4.78 is 12.9. The van der Waals surface area contributed by atoms with Crippen molar-refractivity contribution in [1.29, 1.82) is 0 Å².